The molecule has 0 saturated carbocycles. The highest BCUT2D eigenvalue weighted by molar-refractivity contribution is 6.05. The normalized spacial score (nSPS) is 20.6. The van der Waals surface area contributed by atoms with Crippen LogP contribution in [-0.4, -0.2) is 52.6 Å². The van der Waals surface area contributed by atoms with E-state index in [1.54, 1.807) is 0 Å². The molecule has 0 spiro atoms. The number of hydrogen-bond acceptors (Lipinski definition) is 5. The number of aromatic carboxylic acids is 1. The van der Waals surface area contributed by atoms with Crippen LogP contribution in [0.4, 0.5) is 0 Å². The second-order valence-corrected chi connectivity index (χ2v) is 3.36. The SMILES string of the molecule is O=C(O)c1[nH]cnc1C(=O)C1CNCCO1. The van der Waals surface area contributed by atoms with Gasteiger partial charge in [0.2, 0.25) is 5.78 Å². The summed E-state index contributed by atoms with van der Waals surface area (Å²) in [7, 11) is 0. The number of carbonyl (C=O) groups excluding carboxylic acids is 1. The summed E-state index contributed by atoms with van der Waals surface area (Å²) < 4.78 is 5.24. The maximum absolute atomic E-state index is 11.9. The number of carboxylic acid groups (broad SMARTS) is 1. The number of carbonyl (C=O) groups is 2. The van der Waals surface area contributed by atoms with Gasteiger partial charge in [-0.15, -0.1) is 0 Å². The van der Waals surface area contributed by atoms with Gasteiger partial charge in [-0.05, 0) is 0 Å². The number of morpholine rings is 1. The van der Waals surface area contributed by atoms with Crippen LogP contribution in [-0.2, 0) is 4.74 Å². The first-order chi connectivity index (χ1) is 7.70. The summed E-state index contributed by atoms with van der Waals surface area (Å²) in [5.41, 5.74) is -0.277. The number of aromatic nitrogens is 2. The van der Waals surface area contributed by atoms with Gasteiger partial charge >= 0.3 is 5.97 Å². The first-order valence-electron chi connectivity index (χ1n) is 4.83. The second-order valence-electron chi connectivity index (χ2n) is 3.36. The number of imidazole rings is 1. The van der Waals surface area contributed by atoms with Crippen LogP contribution in [0.2, 0.25) is 0 Å². The molecule has 2 rings (SSSR count). The van der Waals surface area contributed by atoms with Gasteiger partial charge in [-0.1, -0.05) is 0 Å². The molecular formula is C9H11N3O4. The fourth-order valence-corrected chi connectivity index (χ4v) is 1.53. The Morgan fingerprint density at radius 2 is 2.38 bits per heavy atom. The van der Waals surface area contributed by atoms with Crippen molar-refractivity contribution in [1.29, 1.82) is 0 Å². The van der Waals surface area contributed by atoms with E-state index in [-0.39, 0.29) is 11.4 Å². The highest BCUT2D eigenvalue weighted by Gasteiger charge is 2.28. The number of ether oxygens (including phenoxy) is 1. The molecule has 0 bridgehead atoms. The summed E-state index contributed by atoms with van der Waals surface area (Å²) in [5, 5.41) is 11.8. The van der Waals surface area contributed by atoms with E-state index in [2.05, 4.69) is 15.3 Å². The maximum atomic E-state index is 11.9. The quantitative estimate of drug-likeness (QED) is 0.586. The number of nitrogens with one attached hydrogen (secondary N) is 2. The summed E-state index contributed by atoms with van der Waals surface area (Å²) in [5.74, 6) is -1.62. The van der Waals surface area contributed by atoms with Gasteiger partial charge in [-0.2, -0.15) is 0 Å². The highest BCUT2D eigenvalue weighted by atomic mass is 16.5. The highest BCUT2D eigenvalue weighted by Crippen LogP contribution is 2.09. The van der Waals surface area contributed by atoms with Crippen LogP contribution in [0.3, 0.4) is 0 Å². The van der Waals surface area contributed by atoms with Crippen molar-refractivity contribution in [2.45, 2.75) is 6.10 Å². The van der Waals surface area contributed by atoms with Crippen molar-refractivity contribution in [1.82, 2.24) is 15.3 Å². The molecule has 0 aliphatic carbocycles. The lowest BCUT2D eigenvalue weighted by Crippen LogP contribution is -2.43. The van der Waals surface area contributed by atoms with E-state index in [9.17, 15) is 9.59 Å². The zero-order valence-electron chi connectivity index (χ0n) is 8.40. The molecule has 1 aliphatic heterocycles. The van der Waals surface area contributed by atoms with E-state index in [0.717, 1.165) is 0 Å². The summed E-state index contributed by atoms with van der Waals surface area (Å²) >= 11 is 0. The van der Waals surface area contributed by atoms with Gasteiger partial charge in [0.25, 0.3) is 0 Å². The molecule has 1 aliphatic rings. The Kier molecular flexibility index (Phi) is 2.97. The molecule has 7 heteroatoms. The molecule has 1 aromatic rings. The molecule has 0 radical (unpaired) electrons. The maximum Gasteiger partial charge on any atom is 0.354 e. The third kappa shape index (κ3) is 1.95. The van der Waals surface area contributed by atoms with Gasteiger partial charge in [0, 0.05) is 13.1 Å². The average molecular weight is 225 g/mol. The lowest BCUT2D eigenvalue weighted by Gasteiger charge is -2.21. The minimum atomic E-state index is -1.20. The molecule has 0 amide bonds. The van der Waals surface area contributed by atoms with E-state index in [4.69, 9.17) is 9.84 Å². The number of Topliss-reactive ketones (excluding diaryl/α,β-unsaturated/α-hetero) is 1. The number of H-pyrrole nitrogens is 1. The van der Waals surface area contributed by atoms with Gasteiger partial charge in [-0.25, -0.2) is 9.78 Å². The third-order valence-corrected chi connectivity index (χ3v) is 2.31. The van der Waals surface area contributed by atoms with Crippen molar-refractivity contribution in [3.8, 4) is 0 Å². The zero-order chi connectivity index (χ0) is 11.5. The van der Waals surface area contributed by atoms with Gasteiger partial charge in [0.15, 0.2) is 5.69 Å². The molecule has 16 heavy (non-hydrogen) atoms. The molecule has 2 heterocycles. The molecule has 3 N–H and O–H groups in total. The van der Waals surface area contributed by atoms with Crippen molar-refractivity contribution in [2.75, 3.05) is 19.7 Å². The average Bonchev–Trinajstić information content (AvgIpc) is 2.78. The first kappa shape index (κ1) is 10.8. The summed E-state index contributed by atoms with van der Waals surface area (Å²) in [4.78, 5) is 28.8. The minimum absolute atomic E-state index is 0.0822. The Morgan fingerprint density at radius 1 is 1.56 bits per heavy atom. The standard InChI is InChI=1S/C9H11N3O4/c13-8(5-3-10-1-2-16-5)6-7(9(14)15)12-4-11-6/h4-5,10H,1-3H2,(H,11,12)(H,14,15). The topological polar surface area (TPSA) is 104 Å². The zero-order valence-corrected chi connectivity index (χ0v) is 8.40. The molecule has 1 fully saturated rings. The number of nitrogens with zero attached hydrogens (tertiary/aromatic N) is 1. The number of ketones is 1. The number of hydrogen-bond donors (Lipinski definition) is 3. The molecular weight excluding hydrogens is 214 g/mol. The molecule has 86 valence electrons. The van der Waals surface area contributed by atoms with Crippen LogP contribution in [0.1, 0.15) is 21.0 Å². The number of rotatable bonds is 3. The Bertz CT molecular complexity index is 409. The summed E-state index contributed by atoms with van der Waals surface area (Å²) in [6.07, 6.45) is 0.530. The Balaban J connectivity index is 2.19. The molecule has 7 nitrogen and oxygen atoms in total. The predicted octanol–water partition coefficient (Wildman–Crippen LogP) is -0.721. The van der Waals surface area contributed by atoms with Crippen LogP contribution in [0.5, 0.6) is 0 Å². The van der Waals surface area contributed by atoms with Crippen molar-refractivity contribution in [3.63, 3.8) is 0 Å². The van der Waals surface area contributed by atoms with E-state index in [0.29, 0.717) is 19.7 Å². The van der Waals surface area contributed by atoms with Crippen LogP contribution < -0.4 is 5.32 Å². The van der Waals surface area contributed by atoms with Crippen LogP contribution in [0.15, 0.2) is 6.33 Å². The van der Waals surface area contributed by atoms with Crippen LogP contribution in [0.25, 0.3) is 0 Å². The lowest BCUT2D eigenvalue weighted by molar-refractivity contribution is 0.0263. The molecule has 1 aromatic heterocycles. The molecule has 1 atom stereocenters. The van der Waals surface area contributed by atoms with E-state index in [1.165, 1.54) is 6.33 Å². The second kappa shape index (κ2) is 4.42. The van der Waals surface area contributed by atoms with Crippen LogP contribution in [0, 0.1) is 0 Å². The Hall–Kier alpha value is -1.73. The molecule has 0 aromatic carbocycles. The largest absolute Gasteiger partial charge is 0.477 e. The number of carboxylic acids is 1. The van der Waals surface area contributed by atoms with Gasteiger partial charge in [0.05, 0.1) is 12.9 Å². The van der Waals surface area contributed by atoms with E-state index < -0.39 is 17.9 Å². The third-order valence-electron chi connectivity index (χ3n) is 2.31. The Labute approximate surface area is 90.8 Å². The van der Waals surface area contributed by atoms with Gasteiger partial charge in [-0.3, -0.25) is 4.79 Å². The Morgan fingerprint density at radius 3 is 3.00 bits per heavy atom. The lowest BCUT2D eigenvalue weighted by atomic mass is 10.1. The van der Waals surface area contributed by atoms with Crippen molar-refractivity contribution < 1.29 is 19.4 Å². The monoisotopic (exact) mass is 225 g/mol. The van der Waals surface area contributed by atoms with Crippen molar-refractivity contribution >= 4 is 11.8 Å². The number of aromatic amines is 1. The fourth-order valence-electron chi connectivity index (χ4n) is 1.53. The first-order valence-corrected chi connectivity index (χ1v) is 4.83. The van der Waals surface area contributed by atoms with E-state index in [1.807, 2.05) is 0 Å². The van der Waals surface area contributed by atoms with E-state index >= 15 is 0 Å². The van der Waals surface area contributed by atoms with Gasteiger partial charge in [0.1, 0.15) is 11.8 Å². The fraction of sp³-hybridized carbons (Fsp3) is 0.444. The minimum Gasteiger partial charge on any atom is -0.477 e. The van der Waals surface area contributed by atoms with Gasteiger partial charge < -0.3 is 20.1 Å². The van der Waals surface area contributed by atoms with Crippen molar-refractivity contribution in [3.05, 3.63) is 17.7 Å². The van der Waals surface area contributed by atoms with Crippen molar-refractivity contribution in [2.24, 2.45) is 0 Å². The summed E-state index contributed by atoms with van der Waals surface area (Å²) in [6.45, 7) is 1.50. The smallest absolute Gasteiger partial charge is 0.354 e. The van der Waals surface area contributed by atoms with Crippen LogP contribution >= 0.6 is 0 Å². The predicted molar refractivity (Wildman–Crippen MR) is 52.5 cm³/mol. The molecule has 1 saturated heterocycles. The molecule has 1 unspecified atom stereocenters. The summed E-state index contributed by atoms with van der Waals surface area (Å²) in [6, 6.07) is 0.